The average Bonchev–Trinajstić information content (AvgIpc) is 2.69. The molecular weight excluding hydrogens is 257 g/mol. The van der Waals surface area contributed by atoms with Gasteiger partial charge in [0.15, 0.2) is 5.82 Å². The van der Waals surface area contributed by atoms with Gasteiger partial charge in [-0.05, 0) is 23.8 Å². The maximum Gasteiger partial charge on any atom is 0.176 e. The van der Waals surface area contributed by atoms with Crippen LogP contribution in [0, 0.1) is 5.82 Å². The molecule has 2 N–H and O–H groups in total. The Hall–Kier alpha value is -1.53. The summed E-state index contributed by atoms with van der Waals surface area (Å²) in [6, 6.07) is 4.28. The van der Waals surface area contributed by atoms with Crippen LogP contribution in [0.15, 0.2) is 18.2 Å². The highest BCUT2D eigenvalue weighted by molar-refractivity contribution is 6.31. The molecule has 0 radical (unpaired) electrons. The lowest BCUT2D eigenvalue weighted by atomic mass is 10.0. The number of rotatable bonds is 4. The van der Waals surface area contributed by atoms with E-state index in [2.05, 4.69) is 15.4 Å². The number of aryl methyl sites for hydroxylation is 1. The third-order valence-electron chi connectivity index (χ3n) is 2.52. The van der Waals surface area contributed by atoms with E-state index in [1.165, 1.54) is 10.9 Å². The predicted octanol–water partition coefficient (Wildman–Crippen LogP) is 1.12. The third kappa shape index (κ3) is 3.02. The Morgan fingerprint density at radius 1 is 1.44 bits per heavy atom. The maximum absolute atomic E-state index is 13.6. The van der Waals surface area contributed by atoms with Gasteiger partial charge in [-0.25, -0.2) is 4.39 Å². The van der Waals surface area contributed by atoms with Crippen molar-refractivity contribution in [3.8, 4) is 0 Å². The van der Waals surface area contributed by atoms with Crippen LogP contribution in [0.25, 0.3) is 0 Å². The number of hydrogen-bond donors (Lipinski definition) is 1. The molecule has 0 bridgehead atoms. The summed E-state index contributed by atoms with van der Waals surface area (Å²) in [7, 11) is 1.68. The fourth-order valence-corrected chi connectivity index (χ4v) is 1.94. The van der Waals surface area contributed by atoms with Crippen molar-refractivity contribution in [2.75, 3.05) is 0 Å². The lowest BCUT2D eigenvalue weighted by Gasteiger charge is -2.11. The summed E-state index contributed by atoms with van der Waals surface area (Å²) in [6.45, 7) is 0. The lowest BCUT2D eigenvalue weighted by molar-refractivity contribution is 0.576. The van der Waals surface area contributed by atoms with Gasteiger partial charge in [0.2, 0.25) is 0 Å². The summed E-state index contributed by atoms with van der Waals surface area (Å²) in [4.78, 5) is 1.36. The van der Waals surface area contributed by atoms with Crippen LogP contribution < -0.4 is 5.73 Å². The zero-order valence-corrected chi connectivity index (χ0v) is 10.6. The summed E-state index contributed by atoms with van der Waals surface area (Å²) in [6.07, 6.45) is 0.766. The molecule has 2 aromatic rings. The molecule has 2 rings (SSSR count). The Morgan fingerprint density at radius 3 is 2.83 bits per heavy atom. The van der Waals surface area contributed by atoms with Gasteiger partial charge in [0, 0.05) is 23.0 Å². The van der Waals surface area contributed by atoms with E-state index in [0.29, 0.717) is 29.3 Å². The van der Waals surface area contributed by atoms with Crippen molar-refractivity contribution in [1.29, 1.82) is 0 Å². The largest absolute Gasteiger partial charge is 0.327 e. The fraction of sp³-hybridized carbons (Fsp3) is 0.364. The van der Waals surface area contributed by atoms with E-state index in [9.17, 15) is 4.39 Å². The highest BCUT2D eigenvalue weighted by atomic mass is 35.5. The highest BCUT2D eigenvalue weighted by Crippen LogP contribution is 2.20. The molecular formula is C11H13ClFN5. The molecule has 0 saturated carbocycles. The molecule has 1 unspecified atom stereocenters. The molecule has 0 spiro atoms. The summed E-state index contributed by atoms with van der Waals surface area (Å²) in [5.74, 6) is 0.197. The third-order valence-corrected chi connectivity index (χ3v) is 2.88. The van der Waals surface area contributed by atoms with Gasteiger partial charge < -0.3 is 5.73 Å². The number of nitrogens with two attached hydrogens (primary N) is 1. The first-order chi connectivity index (χ1) is 8.56. The maximum atomic E-state index is 13.6. The summed E-state index contributed by atoms with van der Waals surface area (Å²) in [5.41, 5.74) is 6.37. The number of hydrogen-bond acceptors (Lipinski definition) is 4. The first kappa shape index (κ1) is 12.9. The van der Waals surface area contributed by atoms with Crippen molar-refractivity contribution in [3.05, 3.63) is 40.4 Å². The number of benzene rings is 1. The van der Waals surface area contributed by atoms with Crippen LogP contribution >= 0.6 is 11.6 Å². The number of halogens is 2. The van der Waals surface area contributed by atoms with Gasteiger partial charge in [-0.15, -0.1) is 10.2 Å². The van der Waals surface area contributed by atoms with Gasteiger partial charge in [-0.3, -0.25) is 0 Å². The molecule has 0 amide bonds. The van der Waals surface area contributed by atoms with Crippen molar-refractivity contribution in [2.45, 2.75) is 18.9 Å². The summed E-state index contributed by atoms with van der Waals surface area (Å²) >= 11 is 5.94. The molecule has 1 heterocycles. The molecule has 0 aliphatic carbocycles. The van der Waals surface area contributed by atoms with Crippen LogP contribution in [-0.2, 0) is 19.9 Å². The van der Waals surface area contributed by atoms with Crippen molar-refractivity contribution < 1.29 is 4.39 Å². The molecule has 96 valence electrons. The number of nitrogens with zero attached hydrogens (tertiary/aromatic N) is 4. The van der Waals surface area contributed by atoms with E-state index < -0.39 is 0 Å². The van der Waals surface area contributed by atoms with E-state index in [-0.39, 0.29) is 11.9 Å². The Labute approximate surface area is 109 Å². The van der Waals surface area contributed by atoms with E-state index >= 15 is 0 Å². The second-order valence-electron chi connectivity index (χ2n) is 4.06. The Kier molecular flexibility index (Phi) is 3.88. The topological polar surface area (TPSA) is 69.6 Å². The van der Waals surface area contributed by atoms with E-state index in [1.807, 2.05) is 0 Å². The molecule has 7 heteroatoms. The second-order valence-corrected chi connectivity index (χ2v) is 4.47. The minimum absolute atomic E-state index is 0.302. The monoisotopic (exact) mass is 269 g/mol. The van der Waals surface area contributed by atoms with Crippen molar-refractivity contribution in [1.82, 2.24) is 20.2 Å². The predicted molar refractivity (Wildman–Crippen MR) is 65.6 cm³/mol. The lowest BCUT2D eigenvalue weighted by Crippen LogP contribution is -2.26. The van der Waals surface area contributed by atoms with Crippen LogP contribution in [0.3, 0.4) is 0 Å². The van der Waals surface area contributed by atoms with E-state index in [4.69, 9.17) is 17.3 Å². The SMILES string of the molecule is Cn1nnc(CC(N)Cc2c(F)cccc2Cl)n1. The van der Waals surface area contributed by atoms with Gasteiger partial charge in [0.25, 0.3) is 0 Å². The van der Waals surface area contributed by atoms with Crippen molar-refractivity contribution in [2.24, 2.45) is 12.8 Å². The number of aromatic nitrogens is 4. The molecule has 0 fully saturated rings. The van der Waals surface area contributed by atoms with Gasteiger partial charge in [-0.1, -0.05) is 17.7 Å². The molecule has 1 atom stereocenters. The molecule has 0 aliphatic heterocycles. The van der Waals surface area contributed by atoms with E-state index in [0.717, 1.165) is 0 Å². The van der Waals surface area contributed by atoms with Gasteiger partial charge in [0.05, 0.1) is 7.05 Å². The fourth-order valence-electron chi connectivity index (χ4n) is 1.70. The Morgan fingerprint density at radius 2 is 2.22 bits per heavy atom. The molecule has 5 nitrogen and oxygen atoms in total. The van der Waals surface area contributed by atoms with Crippen LogP contribution in [0.5, 0.6) is 0 Å². The smallest absolute Gasteiger partial charge is 0.176 e. The molecule has 0 saturated heterocycles. The van der Waals surface area contributed by atoms with Gasteiger partial charge in [0.1, 0.15) is 5.82 Å². The quantitative estimate of drug-likeness (QED) is 0.903. The highest BCUT2D eigenvalue weighted by Gasteiger charge is 2.14. The number of tetrazole rings is 1. The summed E-state index contributed by atoms with van der Waals surface area (Å²) < 4.78 is 13.6. The Balaban J connectivity index is 2.05. The van der Waals surface area contributed by atoms with E-state index in [1.54, 1.807) is 19.2 Å². The molecule has 0 aliphatic rings. The van der Waals surface area contributed by atoms with Crippen LogP contribution in [0.2, 0.25) is 5.02 Å². The average molecular weight is 270 g/mol. The van der Waals surface area contributed by atoms with Crippen molar-refractivity contribution >= 4 is 11.6 Å². The first-order valence-electron chi connectivity index (χ1n) is 5.47. The summed E-state index contributed by atoms with van der Waals surface area (Å²) in [5, 5.41) is 12.0. The minimum Gasteiger partial charge on any atom is -0.327 e. The molecule has 1 aromatic carbocycles. The normalized spacial score (nSPS) is 12.7. The zero-order valence-electron chi connectivity index (χ0n) is 9.85. The van der Waals surface area contributed by atoms with Gasteiger partial charge in [-0.2, -0.15) is 4.80 Å². The van der Waals surface area contributed by atoms with Crippen LogP contribution in [-0.4, -0.2) is 26.2 Å². The van der Waals surface area contributed by atoms with Crippen LogP contribution in [0.4, 0.5) is 4.39 Å². The first-order valence-corrected chi connectivity index (χ1v) is 5.85. The zero-order chi connectivity index (χ0) is 13.1. The molecule has 1 aromatic heterocycles. The standard InChI is InChI=1S/C11H13ClFN5/c1-18-16-11(15-17-18)6-7(14)5-8-9(12)3-2-4-10(8)13/h2-4,7H,5-6,14H2,1H3. The second kappa shape index (κ2) is 5.41. The van der Waals surface area contributed by atoms with Gasteiger partial charge >= 0.3 is 0 Å². The molecule has 18 heavy (non-hydrogen) atoms. The minimum atomic E-state index is -0.343. The van der Waals surface area contributed by atoms with Crippen LogP contribution in [0.1, 0.15) is 11.4 Å². The Bertz CT molecular complexity index is 522. The van der Waals surface area contributed by atoms with Crippen molar-refractivity contribution in [3.63, 3.8) is 0 Å².